The lowest BCUT2D eigenvalue weighted by Crippen LogP contribution is -1.97. The van der Waals surface area contributed by atoms with E-state index in [1.165, 1.54) is 16.7 Å². The van der Waals surface area contributed by atoms with E-state index >= 15 is 0 Å². The van der Waals surface area contributed by atoms with Crippen LogP contribution in [0.5, 0.6) is 0 Å². The largest absolute Gasteiger partial charge is 0.261 e. The molecule has 0 bridgehead atoms. The maximum absolute atomic E-state index is 4.43. The molecule has 0 saturated heterocycles. The topological polar surface area (TPSA) is 12.9 Å². The first kappa shape index (κ1) is 12.3. The first-order valence-corrected chi connectivity index (χ1v) is 6.69. The minimum atomic E-state index is 0.332. The average Bonchev–Trinajstić information content (AvgIpc) is 2.33. The molecule has 1 aromatic carbocycles. The Hall–Kier alpha value is -1.15. The molecule has 0 aliphatic heterocycles. The van der Waals surface area contributed by atoms with Gasteiger partial charge in [0, 0.05) is 23.1 Å². The van der Waals surface area contributed by atoms with Crippen LogP contribution >= 0.6 is 15.9 Å². The van der Waals surface area contributed by atoms with Gasteiger partial charge in [-0.05, 0) is 31.0 Å². The van der Waals surface area contributed by atoms with Crippen LogP contribution in [0, 0.1) is 13.8 Å². The van der Waals surface area contributed by atoms with E-state index in [2.05, 4.69) is 71.2 Å². The molecule has 0 N–H and O–H groups in total. The fourth-order valence-electron chi connectivity index (χ4n) is 1.70. The van der Waals surface area contributed by atoms with Crippen molar-refractivity contribution in [2.24, 2.45) is 0 Å². The van der Waals surface area contributed by atoms with Crippen molar-refractivity contribution in [3.63, 3.8) is 0 Å². The van der Waals surface area contributed by atoms with Gasteiger partial charge in [-0.1, -0.05) is 51.8 Å². The van der Waals surface area contributed by atoms with Crippen molar-refractivity contribution in [1.82, 2.24) is 4.98 Å². The zero-order valence-corrected chi connectivity index (χ0v) is 11.7. The fourth-order valence-corrected chi connectivity index (χ4v) is 2.33. The predicted octanol–water partition coefficient (Wildman–Crippen LogP) is 4.38. The molecule has 0 aliphatic rings. The van der Waals surface area contributed by atoms with Crippen LogP contribution in [0.15, 0.2) is 42.6 Å². The number of halogens is 1. The number of aromatic nitrogens is 1. The first-order chi connectivity index (χ1) is 8.15. The number of hydrogen-bond acceptors (Lipinski definition) is 1. The molecule has 0 amide bonds. The van der Waals surface area contributed by atoms with Crippen LogP contribution < -0.4 is 0 Å². The highest BCUT2D eigenvalue weighted by molar-refractivity contribution is 9.09. The molecule has 17 heavy (non-hydrogen) atoms. The van der Waals surface area contributed by atoms with E-state index in [4.69, 9.17) is 0 Å². The number of aryl methyl sites for hydroxylation is 2. The molecule has 2 aromatic rings. The second kappa shape index (κ2) is 5.46. The molecule has 2 heteroatoms. The Balaban J connectivity index is 2.08. The molecule has 1 aromatic heterocycles. The third-order valence-corrected chi connectivity index (χ3v) is 3.65. The molecule has 1 atom stereocenters. The maximum Gasteiger partial charge on any atom is 0.0450 e. The SMILES string of the molecule is Cc1ccc(C(Br)Cc2ccc(C)cn2)cc1. The second-order valence-corrected chi connectivity index (χ2v) is 5.51. The van der Waals surface area contributed by atoms with Gasteiger partial charge in [-0.2, -0.15) is 0 Å². The van der Waals surface area contributed by atoms with Crippen molar-refractivity contribution in [2.75, 3.05) is 0 Å². The lowest BCUT2D eigenvalue weighted by molar-refractivity contribution is 0.901. The van der Waals surface area contributed by atoms with Gasteiger partial charge in [-0.15, -0.1) is 0 Å². The summed E-state index contributed by atoms with van der Waals surface area (Å²) in [5, 5.41) is 0. The Morgan fingerprint density at radius 1 is 1.00 bits per heavy atom. The molecule has 0 fully saturated rings. The van der Waals surface area contributed by atoms with E-state index in [0.717, 1.165) is 12.1 Å². The summed E-state index contributed by atoms with van der Waals surface area (Å²) >= 11 is 3.73. The van der Waals surface area contributed by atoms with E-state index in [9.17, 15) is 0 Å². The van der Waals surface area contributed by atoms with Crippen molar-refractivity contribution < 1.29 is 0 Å². The van der Waals surface area contributed by atoms with Gasteiger partial charge in [0.2, 0.25) is 0 Å². The smallest absolute Gasteiger partial charge is 0.0450 e. The Kier molecular flexibility index (Phi) is 3.95. The van der Waals surface area contributed by atoms with Gasteiger partial charge in [0.25, 0.3) is 0 Å². The van der Waals surface area contributed by atoms with Gasteiger partial charge in [-0.25, -0.2) is 0 Å². The van der Waals surface area contributed by atoms with Crippen molar-refractivity contribution in [3.05, 3.63) is 65.0 Å². The zero-order chi connectivity index (χ0) is 12.3. The molecule has 0 radical (unpaired) electrons. The van der Waals surface area contributed by atoms with E-state index < -0.39 is 0 Å². The molecule has 1 unspecified atom stereocenters. The van der Waals surface area contributed by atoms with Gasteiger partial charge in [-0.3, -0.25) is 4.98 Å². The predicted molar refractivity (Wildman–Crippen MR) is 75.5 cm³/mol. The molecule has 2 rings (SSSR count). The highest BCUT2D eigenvalue weighted by Gasteiger charge is 2.08. The fraction of sp³-hybridized carbons (Fsp3) is 0.267. The molecule has 88 valence electrons. The van der Waals surface area contributed by atoms with E-state index in [1.54, 1.807) is 0 Å². The Morgan fingerprint density at radius 3 is 2.24 bits per heavy atom. The average molecular weight is 290 g/mol. The van der Waals surface area contributed by atoms with Crippen LogP contribution in [0.1, 0.15) is 27.2 Å². The summed E-state index contributed by atoms with van der Waals surface area (Å²) in [4.78, 5) is 4.76. The van der Waals surface area contributed by atoms with Crippen molar-refractivity contribution in [2.45, 2.75) is 25.1 Å². The van der Waals surface area contributed by atoms with Gasteiger partial charge >= 0.3 is 0 Å². The quantitative estimate of drug-likeness (QED) is 0.765. The Morgan fingerprint density at radius 2 is 1.65 bits per heavy atom. The van der Waals surface area contributed by atoms with Crippen LogP contribution in [0.4, 0.5) is 0 Å². The van der Waals surface area contributed by atoms with Crippen LogP contribution in [0.2, 0.25) is 0 Å². The minimum Gasteiger partial charge on any atom is -0.261 e. The van der Waals surface area contributed by atoms with Crippen molar-refractivity contribution in [3.8, 4) is 0 Å². The summed E-state index contributed by atoms with van der Waals surface area (Å²) in [6, 6.07) is 12.8. The summed E-state index contributed by atoms with van der Waals surface area (Å²) in [5.41, 5.74) is 4.92. The molecule has 1 nitrogen and oxygen atoms in total. The molecular weight excluding hydrogens is 274 g/mol. The number of rotatable bonds is 3. The normalized spacial score (nSPS) is 12.4. The first-order valence-electron chi connectivity index (χ1n) is 5.77. The van der Waals surface area contributed by atoms with Crippen LogP contribution in [-0.4, -0.2) is 4.98 Å². The minimum absolute atomic E-state index is 0.332. The molecule has 1 heterocycles. The van der Waals surface area contributed by atoms with Crippen molar-refractivity contribution in [1.29, 1.82) is 0 Å². The van der Waals surface area contributed by atoms with Gasteiger partial charge in [0.15, 0.2) is 0 Å². The van der Waals surface area contributed by atoms with Crippen molar-refractivity contribution >= 4 is 15.9 Å². The standard InChI is InChI=1S/C15H16BrN/c1-11-3-6-13(7-4-11)15(16)9-14-8-5-12(2)10-17-14/h3-8,10,15H,9H2,1-2H3. The molecule has 0 saturated carbocycles. The number of hydrogen-bond donors (Lipinski definition) is 0. The Bertz CT molecular complexity index is 473. The van der Waals surface area contributed by atoms with E-state index in [1.807, 2.05) is 6.20 Å². The molecule has 0 aliphatic carbocycles. The number of pyridine rings is 1. The van der Waals surface area contributed by atoms with Crippen LogP contribution in [0.25, 0.3) is 0 Å². The number of benzene rings is 1. The molecular formula is C15H16BrN. The lowest BCUT2D eigenvalue weighted by Gasteiger charge is -2.10. The summed E-state index contributed by atoms with van der Waals surface area (Å²) in [6.45, 7) is 4.16. The monoisotopic (exact) mass is 289 g/mol. The third kappa shape index (κ3) is 3.40. The van der Waals surface area contributed by atoms with E-state index in [-0.39, 0.29) is 0 Å². The summed E-state index contributed by atoms with van der Waals surface area (Å²) in [5.74, 6) is 0. The second-order valence-electron chi connectivity index (χ2n) is 4.41. The number of alkyl halides is 1. The van der Waals surface area contributed by atoms with Gasteiger partial charge in [0.05, 0.1) is 0 Å². The van der Waals surface area contributed by atoms with Gasteiger partial charge < -0.3 is 0 Å². The zero-order valence-electron chi connectivity index (χ0n) is 10.2. The Labute approximate surface area is 111 Å². The summed E-state index contributed by atoms with van der Waals surface area (Å²) < 4.78 is 0. The molecule has 0 spiro atoms. The summed E-state index contributed by atoms with van der Waals surface area (Å²) in [6.07, 6.45) is 2.84. The highest BCUT2D eigenvalue weighted by Crippen LogP contribution is 2.26. The van der Waals surface area contributed by atoms with Crippen LogP contribution in [-0.2, 0) is 6.42 Å². The van der Waals surface area contributed by atoms with Crippen LogP contribution in [0.3, 0.4) is 0 Å². The lowest BCUT2D eigenvalue weighted by atomic mass is 10.1. The van der Waals surface area contributed by atoms with E-state index in [0.29, 0.717) is 4.83 Å². The maximum atomic E-state index is 4.43. The third-order valence-electron chi connectivity index (χ3n) is 2.80. The highest BCUT2D eigenvalue weighted by atomic mass is 79.9. The van der Waals surface area contributed by atoms with Gasteiger partial charge in [0.1, 0.15) is 0 Å². The summed E-state index contributed by atoms with van der Waals surface area (Å²) in [7, 11) is 0. The number of nitrogens with zero attached hydrogens (tertiary/aromatic N) is 1.